The van der Waals surface area contributed by atoms with Crippen LogP contribution in [0.2, 0.25) is 0 Å². The van der Waals surface area contributed by atoms with E-state index < -0.39 is 11.7 Å². The Kier molecular flexibility index (Phi) is 6.71. The van der Waals surface area contributed by atoms with Crippen LogP contribution < -0.4 is 10.1 Å². The van der Waals surface area contributed by atoms with Crippen molar-refractivity contribution in [3.8, 4) is 5.75 Å². The first-order chi connectivity index (χ1) is 13.8. The number of pyridine rings is 2. The molecule has 0 aromatic carbocycles. The highest BCUT2D eigenvalue weighted by atomic mass is 19.4. The Bertz CT molecular complexity index is 819. The van der Waals surface area contributed by atoms with Gasteiger partial charge in [0.05, 0.1) is 23.0 Å². The van der Waals surface area contributed by atoms with Crippen molar-refractivity contribution >= 4 is 5.91 Å². The van der Waals surface area contributed by atoms with Crippen molar-refractivity contribution in [1.82, 2.24) is 15.3 Å². The highest BCUT2D eigenvalue weighted by molar-refractivity contribution is 5.94. The van der Waals surface area contributed by atoms with Crippen LogP contribution in [0.4, 0.5) is 13.2 Å². The Balaban J connectivity index is 1.54. The van der Waals surface area contributed by atoms with E-state index in [9.17, 15) is 18.0 Å². The third kappa shape index (κ3) is 5.92. The predicted molar refractivity (Wildman–Crippen MR) is 101 cm³/mol. The summed E-state index contributed by atoms with van der Waals surface area (Å²) in [6.45, 7) is 2.01. The smallest absolute Gasteiger partial charge is 0.418 e. The van der Waals surface area contributed by atoms with Gasteiger partial charge in [0.25, 0.3) is 5.91 Å². The zero-order chi connectivity index (χ0) is 20.9. The molecule has 1 aliphatic carbocycles. The van der Waals surface area contributed by atoms with Gasteiger partial charge in [0, 0.05) is 18.4 Å². The zero-order valence-electron chi connectivity index (χ0n) is 16.2. The van der Waals surface area contributed by atoms with Crippen LogP contribution in [0, 0.1) is 5.92 Å². The van der Waals surface area contributed by atoms with Gasteiger partial charge >= 0.3 is 6.18 Å². The summed E-state index contributed by atoms with van der Waals surface area (Å²) < 4.78 is 43.5. The molecule has 0 aliphatic heterocycles. The number of alkyl halides is 3. The third-order valence-electron chi connectivity index (χ3n) is 5.23. The Morgan fingerprint density at radius 2 is 1.97 bits per heavy atom. The summed E-state index contributed by atoms with van der Waals surface area (Å²) in [6.07, 6.45) is 4.89. The molecule has 29 heavy (non-hydrogen) atoms. The summed E-state index contributed by atoms with van der Waals surface area (Å²) in [6, 6.07) is 4.26. The first-order valence-corrected chi connectivity index (χ1v) is 9.74. The van der Waals surface area contributed by atoms with Gasteiger partial charge in [-0.25, -0.2) is 0 Å². The maximum absolute atomic E-state index is 12.7. The number of nitrogens with one attached hydrogen (secondary N) is 1. The molecular weight excluding hydrogens is 383 g/mol. The van der Waals surface area contributed by atoms with Gasteiger partial charge in [0.1, 0.15) is 12.4 Å². The fourth-order valence-corrected chi connectivity index (χ4v) is 3.50. The highest BCUT2D eigenvalue weighted by Gasteiger charge is 2.31. The van der Waals surface area contributed by atoms with E-state index in [1.54, 1.807) is 12.1 Å². The molecule has 8 heteroatoms. The van der Waals surface area contributed by atoms with Crippen LogP contribution in [0.25, 0.3) is 0 Å². The number of ether oxygens (including phenoxy) is 1. The number of hydrogen-bond acceptors (Lipinski definition) is 4. The number of halogens is 3. The van der Waals surface area contributed by atoms with Gasteiger partial charge in [0.15, 0.2) is 0 Å². The topological polar surface area (TPSA) is 64.1 Å². The van der Waals surface area contributed by atoms with Crippen LogP contribution in [0.5, 0.6) is 5.75 Å². The normalized spacial score (nSPS) is 16.3. The summed E-state index contributed by atoms with van der Waals surface area (Å²) >= 11 is 0. The summed E-state index contributed by atoms with van der Waals surface area (Å²) in [4.78, 5) is 20.1. The Morgan fingerprint density at radius 1 is 1.21 bits per heavy atom. The van der Waals surface area contributed by atoms with Gasteiger partial charge in [-0.05, 0) is 43.9 Å². The summed E-state index contributed by atoms with van der Waals surface area (Å²) in [7, 11) is 0. The van der Waals surface area contributed by atoms with E-state index in [4.69, 9.17) is 4.74 Å². The Labute approximate surface area is 167 Å². The van der Waals surface area contributed by atoms with Crippen molar-refractivity contribution in [2.45, 2.75) is 57.9 Å². The number of hydrogen-bond donors (Lipinski definition) is 1. The van der Waals surface area contributed by atoms with E-state index in [-0.39, 0.29) is 24.3 Å². The fraction of sp³-hybridized carbons (Fsp3) is 0.476. The minimum absolute atomic E-state index is 0.00440. The van der Waals surface area contributed by atoms with Gasteiger partial charge in [0.2, 0.25) is 0 Å². The monoisotopic (exact) mass is 407 g/mol. The zero-order valence-corrected chi connectivity index (χ0v) is 16.2. The van der Waals surface area contributed by atoms with E-state index in [2.05, 4.69) is 15.3 Å². The summed E-state index contributed by atoms with van der Waals surface area (Å²) in [5.41, 5.74) is 0.0681. The lowest BCUT2D eigenvalue weighted by Crippen LogP contribution is -2.38. The minimum Gasteiger partial charge on any atom is -0.486 e. The van der Waals surface area contributed by atoms with Crippen molar-refractivity contribution in [3.63, 3.8) is 0 Å². The van der Waals surface area contributed by atoms with Crippen LogP contribution in [0.3, 0.4) is 0 Å². The first-order valence-electron chi connectivity index (χ1n) is 9.74. The van der Waals surface area contributed by atoms with Gasteiger partial charge in [-0.3, -0.25) is 14.8 Å². The SMILES string of the molecule is C[C@@H](NC(=O)c1ccc(COc2cncc(C(F)(F)F)c2)nc1)C1CCCCC1. The quantitative estimate of drug-likeness (QED) is 0.749. The van der Waals surface area contributed by atoms with Crippen molar-refractivity contribution in [3.05, 3.63) is 53.6 Å². The van der Waals surface area contributed by atoms with Crippen LogP contribution >= 0.6 is 0 Å². The molecule has 0 spiro atoms. The van der Waals surface area contributed by atoms with Crippen LogP contribution in [0.15, 0.2) is 36.8 Å². The third-order valence-corrected chi connectivity index (χ3v) is 5.23. The van der Waals surface area contributed by atoms with Crippen LogP contribution in [-0.2, 0) is 12.8 Å². The molecular formula is C21H24F3N3O2. The minimum atomic E-state index is -4.48. The lowest BCUT2D eigenvalue weighted by molar-refractivity contribution is -0.138. The van der Waals surface area contributed by atoms with E-state index in [0.29, 0.717) is 17.2 Å². The number of carbonyl (C=O) groups is 1. The molecule has 1 amide bonds. The van der Waals surface area contributed by atoms with Crippen molar-refractivity contribution in [2.75, 3.05) is 0 Å². The Hall–Kier alpha value is -2.64. The molecule has 0 bridgehead atoms. The van der Waals surface area contributed by atoms with Gasteiger partial charge in [-0.15, -0.1) is 0 Å². The summed E-state index contributed by atoms with van der Waals surface area (Å²) in [5.74, 6) is 0.337. The van der Waals surface area contributed by atoms with Gasteiger partial charge in [-0.1, -0.05) is 19.3 Å². The van der Waals surface area contributed by atoms with E-state index in [1.165, 1.54) is 31.7 Å². The molecule has 1 aliphatic rings. The molecule has 2 heterocycles. The Morgan fingerprint density at radius 3 is 2.62 bits per heavy atom. The van der Waals surface area contributed by atoms with Crippen LogP contribution in [0.1, 0.15) is 60.6 Å². The van der Waals surface area contributed by atoms with Crippen molar-refractivity contribution in [2.24, 2.45) is 5.92 Å². The molecule has 0 unspecified atom stereocenters. The lowest BCUT2D eigenvalue weighted by Gasteiger charge is -2.28. The van der Waals surface area contributed by atoms with Crippen molar-refractivity contribution < 1.29 is 22.7 Å². The summed E-state index contributed by atoms with van der Waals surface area (Å²) in [5, 5.41) is 3.04. The molecule has 2 aromatic heterocycles. The molecule has 5 nitrogen and oxygen atoms in total. The van der Waals surface area contributed by atoms with Gasteiger partial charge in [-0.2, -0.15) is 13.2 Å². The number of aromatic nitrogens is 2. The first kappa shape index (κ1) is 21.1. The lowest BCUT2D eigenvalue weighted by atomic mass is 9.84. The second kappa shape index (κ2) is 9.24. The molecule has 1 fully saturated rings. The van der Waals surface area contributed by atoms with Crippen LogP contribution in [-0.4, -0.2) is 21.9 Å². The van der Waals surface area contributed by atoms with E-state index in [0.717, 1.165) is 25.1 Å². The largest absolute Gasteiger partial charge is 0.486 e. The molecule has 2 aromatic rings. The molecule has 156 valence electrons. The second-order valence-electron chi connectivity index (χ2n) is 7.39. The second-order valence-corrected chi connectivity index (χ2v) is 7.39. The van der Waals surface area contributed by atoms with E-state index >= 15 is 0 Å². The maximum atomic E-state index is 12.7. The number of carbonyl (C=O) groups excluding carboxylic acids is 1. The van der Waals surface area contributed by atoms with Crippen molar-refractivity contribution in [1.29, 1.82) is 0 Å². The predicted octanol–water partition coefficient (Wildman–Crippen LogP) is 4.77. The van der Waals surface area contributed by atoms with Gasteiger partial charge < -0.3 is 10.1 Å². The number of nitrogens with zero attached hydrogens (tertiary/aromatic N) is 2. The molecule has 0 radical (unpaired) electrons. The number of rotatable bonds is 6. The molecule has 1 saturated carbocycles. The average Bonchev–Trinajstić information content (AvgIpc) is 2.73. The molecule has 0 saturated heterocycles. The molecule has 1 atom stereocenters. The van der Waals surface area contributed by atoms with E-state index in [1.807, 2.05) is 6.92 Å². The molecule has 1 N–H and O–H groups in total. The standard InChI is InChI=1S/C21H24F3N3O2/c1-14(15-5-3-2-4-6-15)27-20(28)16-7-8-18(26-10-16)13-29-19-9-17(11-25-12-19)21(22,23)24/h7-12,14-15H,2-6,13H2,1H3,(H,27,28)/t14-/m1/s1. The average molecular weight is 407 g/mol. The molecule has 3 rings (SSSR count). The highest BCUT2D eigenvalue weighted by Crippen LogP contribution is 2.30. The fourth-order valence-electron chi connectivity index (χ4n) is 3.50. The maximum Gasteiger partial charge on any atom is 0.418 e. The number of amides is 1.